The van der Waals surface area contributed by atoms with Crippen LogP contribution in [0.15, 0.2) is 155 Å². The molecule has 0 unspecified atom stereocenters. The van der Waals surface area contributed by atoms with Gasteiger partial charge in [0.25, 0.3) is 0 Å². The summed E-state index contributed by atoms with van der Waals surface area (Å²) in [5.41, 5.74) is 6.86. The number of aromatic nitrogens is 2. The van der Waals surface area contributed by atoms with Gasteiger partial charge < -0.3 is 14.5 Å². The van der Waals surface area contributed by atoms with Gasteiger partial charge in [-0.2, -0.15) is 4.37 Å². The van der Waals surface area contributed by atoms with Crippen molar-refractivity contribution < 1.29 is 13.2 Å². The molecule has 9 heteroatoms. The van der Waals surface area contributed by atoms with Gasteiger partial charge in [0.1, 0.15) is 5.01 Å². The first kappa shape index (κ1) is 27.5. The molecule has 0 N–H and O–H groups in total. The molecule has 0 atom stereocenters. The highest BCUT2D eigenvalue weighted by Gasteiger charge is 2.34. The van der Waals surface area contributed by atoms with Crippen molar-refractivity contribution in [3.63, 3.8) is 0 Å². The Balaban J connectivity index is 1.05. The lowest BCUT2D eigenvalue weighted by Crippen LogP contribution is -2.21. The third kappa shape index (κ3) is 4.43. The number of ether oxygens (including phenoxy) is 1. The van der Waals surface area contributed by atoms with Gasteiger partial charge in [0, 0.05) is 22.5 Å². The van der Waals surface area contributed by atoms with Crippen molar-refractivity contribution in [2.45, 2.75) is 9.79 Å². The average molecular weight is 649 g/mol. The Kier molecular flexibility index (Phi) is 6.24. The molecule has 1 aromatic heterocycles. The number of anilines is 6. The van der Waals surface area contributed by atoms with E-state index in [-0.39, 0.29) is 0 Å². The van der Waals surface area contributed by atoms with Crippen molar-refractivity contribution in [1.29, 1.82) is 0 Å². The molecule has 0 aliphatic carbocycles. The SMILES string of the molecule is O=S1(=O)c2ccccc2N(c2ccc(-c3nsc(-c4cccc(N5c6ccccc6Oc6ccccc65)c4)n3)cc2)c2ccccc21. The maximum atomic E-state index is 13.4. The maximum Gasteiger partial charge on any atom is 0.210 e. The van der Waals surface area contributed by atoms with Crippen LogP contribution < -0.4 is 14.5 Å². The predicted octanol–water partition coefficient (Wildman–Crippen LogP) is 10.1. The summed E-state index contributed by atoms with van der Waals surface area (Å²) in [5, 5.41) is 0.810. The van der Waals surface area contributed by atoms with Crippen molar-refractivity contribution in [3.8, 4) is 33.5 Å². The first-order valence-electron chi connectivity index (χ1n) is 15.0. The first-order valence-corrected chi connectivity index (χ1v) is 17.3. The van der Waals surface area contributed by atoms with Gasteiger partial charge in [-0.1, -0.05) is 60.7 Å². The molecule has 226 valence electrons. The Morgan fingerprint density at radius 3 is 1.72 bits per heavy atom. The van der Waals surface area contributed by atoms with E-state index in [0.29, 0.717) is 27.0 Å². The number of hydrogen-bond acceptors (Lipinski definition) is 8. The van der Waals surface area contributed by atoms with E-state index in [0.717, 1.165) is 50.4 Å². The Morgan fingerprint density at radius 2 is 1.09 bits per heavy atom. The molecule has 2 aliphatic rings. The zero-order valence-corrected chi connectivity index (χ0v) is 26.3. The summed E-state index contributed by atoms with van der Waals surface area (Å²) in [7, 11) is -3.63. The fourth-order valence-corrected chi connectivity index (χ4v) is 8.54. The van der Waals surface area contributed by atoms with Crippen LogP contribution in [0.5, 0.6) is 11.5 Å². The van der Waals surface area contributed by atoms with Crippen LogP contribution in [0.25, 0.3) is 22.0 Å². The van der Waals surface area contributed by atoms with Crippen LogP contribution in [0.1, 0.15) is 0 Å². The molecule has 0 saturated carbocycles. The van der Waals surface area contributed by atoms with Crippen molar-refractivity contribution in [2.75, 3.05) is 9.80 Å². The van der Waals surface area contributed by atoms with E-state index in [4.69, 9.17) is 14.1 Å². The summed E-state index contributed by atoms with van der Waals surface area (Å²) in [4.78, 5) is 9.71. The van der Waals surface area contributed by atoms with E-state index in [1.54, 1.807) is 24.3 Å². The summed E-state index contributed by atoms with van der Waals surface area (Å²) in [6, 6.07) is 46.5. The van der Waals surface area contributed by atoms with Gasteiger partial charge in [0.05, 0.1) is 32.5 Å². The van der Waals surface area contributed by atoms with Crippen LogP contribution in [0.3, 0.4) is 0 Å². The molecular formula is C38H24N4O3S2. The third-order valence-corrected chi connectivity index (χ3v) is 11.0. The number of nitrogens with zero attached hydrogens (tertiary/aromatic N) is 4. The molecule has 3 heterocycles. The first-order chi connectivity index (χ1) is 23.1. The van der Waals surface area contributed by atoms with Gasteiger partial charge in [0.2, 0.25) is 9.84 Å². The molecule has 0 saturated heterocycles. The van der Waals surface area contributed by atoms with Crippen LogP contribution in [-0.4, -0.2) is 17.8 Å². The lowest BCUT2D eigenvalue weighted by Gasteiger charge is -2.32. The van der Waals surface area contributed by atoms with Gasteiger partial charge in [0.15, 0.2) is 17.3 Å². The number of benzene rings is 6. The minimum atomic E-state index is -3.63. The molecule has 0 amide bonds. The summed E-state index contributed by atoms with van der Waals surface area (Å²) in [6.45, 7) is 0. The van der Waals surface area contributed by atoms with Crippen LogP contribution in [-0.2, 0) is 9.84 Å². The van der Waals surface area contributed by atoms with E-state index in [1.165, 1.54) is 11.5 Å². The van der Waals surface area contributed by atoms with E-state index < -0.39 is 9.84 Å². The zero-order valence-electron chi connectivity index (χ0n) is 24.7. The summed E-state index contributed by atoms with van der Waals surface area (Å²) < 4.78 is 37.7. The van der Waals surface area contributed by atoms with E-state index in [2.05, 4.69) is 35.2 Å². The molecule has 0 fully saturated rings. The zero-order chi connectivity index (χ0) is 31.5. The second-order valence-corrected chi connectivity index (χ2v) is 13.8. The Bertz CT molecular complexity index is 2340. The Morgan fingerprint density at radius 1 is 0.532 bits per heavy atom. The largest absolute Gasteiger partial charge is 0.453 e. The topological polar surface area (TPSA) is 75.6 Å². The van der Waals surface area contributed by atoms with Gasteiger partial charge in [-0.3, -0.25) is 0 Å². The van der Waals surface area contributed by atoms with Crippen molar-refractivity contribution >= 4 is 55.5 Å². The second-order valence-electron chi connectivity index (χ2n) is 11.2. The molecule has 7 aromatic rings. The highest BCUT2D eigenvalue weighted by atomic mass is 32.2. The van der Waals surface area contributed by atoms with Gasteiger partial charge in [-0.05, 0) is 96.5 Å². The summed E-state index contributed by atoms with van der Waals surface area (Å²) >= 11 is 1.36. The van der Waals surface area contributed by atoms with Crippen molar-refractivity contribution in [1.82, 2.24) is 9.36 Å². The van der Waals surface area contributed by atoms with Gasteiger partial charge in [-0.25, -0.2) is 13.4 Å². The van der Waals surface area contributed by atoms with Crippen LogP contribution in [0.4, 0.5) is 34.1 Å². The van der Waals surface area contributed by atoms with E-state index >= 15 is 0 Å². The number of para-hydroxylation sites is 6. The Hall–Kier alpha value is -5.77. The van der Waals surface area contributed by atoms with Crippen LogP contribution in [0.2, 0.25) is 0 Å². The van der Waals surface area contributed by atoms with Crippen LogP contribution in [0, 0.1) is 0 Å². The minimum absolute atomic E-state index is 0.292. The van der Waals surface area contributed by atoms with E-state index in [1.807, 2.05) is 95.9 Å². The minimum Gasteiger partial charge on any atom is -0.453 e. The molecular weight excluding hydrogens is 625 g/mol. The molecule has 0 radical (unpaired) electrons. The third-order valence-electron chi connectivity index (χ3n) is 8.38. The van der Waals surface area contributed by atoms with Crippen molar-refractivity contribution in [3.05, 3.63) is 146 Å². The standard InChI is InChI=1S/C38H24N4O3S2/c43-47(44)35-18-7-3-14-31(35)41(32-15-4-8-19-36(32)47)27-22-20-25(21-23-27)37-39-38(46-40-37)26-10-9-11-28(24-26)42-29-12-1-5-16-33(29)45-34-17-6-2-13-30(34)42/h1-24H. The fourth-order valence-electron chi connectivity index (χ4n) is 6.24. The highest BCUT2D eigenvalue weighted by molar-refractivity contribution is 7.92. The number of rotatable bonds is 4. The van der Waals surface area contributed by atoms with Gasteiger partial charge in [-0.15, -0.1) is 0 Å². The molecule has 7 nitrogen and oxygen atoms in total. The number of fused-ring (bicyclic) bond motifs is 4. The second kappa shape index (κ2) is 10.7. The molecule has 0 spiro atoms. The van der Waals surface area contributed by atoms with Gasteiger partial charge >= 0.3 is 0 Å². The number of sulfone groups is 1. The molecule has 47 heavy (non-hydrogen) atoms. The Labute approximate surface area is 275 Å². The number of hydrogen-bond donors (Lipinski definition) is 0. The maximum absolute atomic E-state index is 13.4. The molecule has 9 rings (SSSR count). The normalized spacial score (nSPS) is 14.0. The quantitative estimate of drug-likeness (QED) is 0.188. The highest BCUT2D eigenvalue weighted by Crippen LogP contribution is 2.51. The van der Waals surface area contributed by atoms with Crippen molar-refractivity contribution in [2.24, 2.45) is 0 Å². The molecule has 2 aliphatic heterocycles. The molecule has 0 bridgehead atoms. The lowest BCUT2D eigenvalue weighted by molar-refractivity contribution is 0.477. The lowest BCUT2D eigenvalue weighted by atomic mass is 10.1. The smallest absolute Gasteiger partial charge is 0.210 e. The monoisotopic (exact) mass is 648 g/mol. The van der Waals surface area contributed by atoms with E-state index in [9.17, 15) is 8.42 Å². The summed E-state index contributed by atoms with van der Waals surface area (Å²) in [6.07, 6.45) is 0. The molecule has 6 aromatic carbocycles. The average Bonchev–Trinajstić information content (AvgIpc) is 3.62. The van der Waals surface area contributed by atoms with Crippen LogP contribution >= 0.6 is 11.5 Å². The summed E-state index contributed by atoms with van der Waals surface area (Å²) in [5.74, 6) is 2.24. The fraction of sp³-hybridized carbons (Fsp3) is 0. The predicted molar refractivity (Wildman–Crippen MR) is 186 cm³/mol.